The van der Waals surface area contributed by atoms with E-state index >= 15 is 0 Å². The van der Waals surface area contributed by atoms with Crippen LogP contribution in [0.1, 0.15) is 48.1 Å². The largest absolute Gasteiger partial charge is 0.349 e. The Kier molecular flexibility index (Phi) is 7.03. The summed E-state index contributed by atoms with van der Waals surface area (Å²) in [4.78, 5) is 15.1. The summed E-state index contributed by atoms with van der Waals surface area (Å²) in [6.07, 6.45) is 1.74. The number of rotatable bonds is 5. The van der Waals surface area contributed by atoms with Crippen LogP contribution in [-0.2, 0) is 11.3 Å². The molecule has 0 saturated carbocycles. The maximum atomic E-state index is 12.7. The highest BCUT2D eigenvalue weighted by molar-refractivity contribution is 6.35. The third kappa shape index (κ3) is 5.28. The summed E-state index contributed by atoms with van der Waals surface area (Å²) < 4.78 is 0. The summed E-state index contributed by atoms with van der Waals surface area (Å²) in [5.74, 6) is 0.237. The first-order chi connectivity index (χ1) is 13.3. The molecule has 0 aromatic heterocycles. The maximum Gasteiger partial charge on any atom is 0.223 e. The zero-order valence-electron chi connectivity index (χ0n) is 16.8. The molecular weight excluding hydrogens is 391 g/mol. The van der Waals surface area contributed by atoms with Crippen LogP contribution in [0.5, 0.6) is 0 Å². The molecule has 1 N–H and O–H groups in total. The number of benzene rings is 2. The molecule has 3 rings (SSSR count). The Hall–Kier alpha value is -1.55. The van der Waals surface area contributed by atoms with E-state index in [9.17, 15) is 4.79 Å². The van der Waals surface area contributed by atoms with Gasteiger partial charge in [-0.25, -0.2) is 0 Å². The molecule has 1 atom stereocenters. The first-order valence-electron chi connectivity index (χ1n) is 9.87. The van der Waals surface area contributed by atoms with Crippen molar-refractivity contribution < 1.29 is 4.79 Å². The fraction of sp³-hybridized carbons (Fsp3) is 0.435. The van der Waals surface area contributed by atoms with Gasteiger partial charge in [-0.1, -0.05) is 47.5 Å². The van der Waals surface area contributed by atoms with Crippen molar-refractivity contribution in [1.82, 2.24) is 10.2 Å². The van der Waals surface area contributed by atoms with Crippen LogP contribution in [0.15, 0.2) is 36.4 Å². The van der Waals surface area contributed by atoms with Crippen LogP contribution in [0, 0.1) is 19.8 Å². The van der Waals surface area contributed by atoms with E-state index in [4.69, 9.17) is 23.2 Å². The summed E-state index contributed by atoms with van der Waals surface area (Å²) >= 11 is 12.3. The van der Waals surface area contributed by atoms with E-state index in [1.54, 1.807) is 6.07 Å². The zero-order chi connectivity index (χ0) is 20.3. The van der Waals surface area contributed by atoms with Crippen molar-refractivity contribution in [2.75, 3.05) is 13.1 Å². The average Bonchev–Trinajstić information content (AvgIpc) is 2.66. The van der Waals surface area contributed by atoms with Gasteiger partial charge < -0.3 is 5.32 Å². The van der Waals surface area contributed by atoms with Crippen LogP contribution in [-0.4, -0.2) is 23.9 Å². The van der Waals surface area contributed by atoms with Gasteiger partial charge >= 0.3 is 0 Å². The molecule has 0 aliphatic carbocycles. The first kappa shape index (κ1) is 21.2. The molecule has 0 bridgehead atoms. The minimum Gasteiger partial charge on any atom is -0.349 e. The zero-order valence-corrected chi connectivity index (χ0v) is 18.3. The number of halogens is 2. The van der Waals surface area contributed by atoms with Crippen LogP contribution >= 0.6 is 23.2 Å². The third-order valence-electron chi connectivity index (χ3n) is 5.76. The number of nitrogens with zero attached hydrogens (tertiary/aromatic N) is 1. The molecule has 0 spiro atoms. The average molecular weight is 419 g/mol. The SMILES string of the molecule is Cc1ccc([C@@H](C)NC(=O)C2CCN(Cc3ccc(Cl)cc3Cl)CC2)cc1C. The number of nitrogens with one attached hydrogen (secondary N) is 1. The predicted molar refractivity (Wildman–Crippen MR) is 117 cm³/mol. The number of carbonyl (C=O) groups is 1. The van der Waals surface area contributed by atoms with Gasteiger partial charge in [0.25, 0.3) is 0 Å². The molecule has 1 saturated heterocycles. The number of piperidine rings is 1. The van der Waals surface area contributed by atoms with Crippen molar-refractivity contribution in [3.8, 4) is 0 Å². The summed E-state index contributed by atoms with van der Waals surface area (Å²) in [6.45, 7) is 8.86. The lowest BCUT2D eigenvalue weighted by atomic mass is 9.94. The fourth-order valence-corrected chi connectivity index (χ4v) is 4.16. The molecule has 3 nitrogen and oxygen atoms in total. The van der Waals surface area contributed by atoms with Crippen LogP contribution < -0.4 is 5.32 Å². The van der Waals surface area contributed by atoms with Gasteiger partial charge in [-0.15, -0.1) is 0 Å². The highest BCUT2D eigenvalue weighted by Gasteiger charge is 2.26. The number of likely N-dealkylation sites (tertiary alicyclic amines) is 1. The molecule has 1 fully saturated rings. The molecule has 1 aliphatic heterocycles. The van der Waals surface area contributed by atoms with Crippen LogP contribution in [0.2, 0.25) is 10.0 Å². The number of aryl methyl sites for hydroxylation is 2. The normalized spacial score (nSPS) is 16.8. The Labute approximate surface area is 178 Å². The molecule has 1 amide bonds. The summed E-state index contributed by atoms with van der Waals surface area (Å²) in [5.41, 5.74) is 4.77. The van der Waals surface area contributed by atoms with Crippen LogP contribution in [0.3, 0.4) is 0 Å². The van der Waals surface area contributed by atoms with Crippen molar-refractivity contribution in [3.63, 3.8) is 0 Å². The van der Waals surface area contributed by atoms with Gasteiger partial charge in [-0.3, -0.25) is 9.69 Å². The maximum absolute atomic E-state index is 12.7. The molecule has 28 heavy (non-hydrogen) atoms. The van der Waals surface area contributed by atoms with Gasteiger partial charge in [0.15, 0.2) is 0 Å². The van der Waals surface area contributed by atoms with E-state index in [0.29, 0.717) is 10.0 Å². The summed E-state index contributed by atoms with van der Waals surface area (Å²) in [6, 6.07) is 12.1. The number of carbonyl (C=O) groups excluding carboxylic acids is 1. The number of hydrogen-bond acceptors (Lipinski definition) is 2. The highest BCUT2D eigenvalue weighted by atomic mass is 35.5. The second-order valence-corrected chi connectivity index (χ2v) is 8.70. The van der Waals surface area contributed by atoms with E-state index < -0.39 is 0 Å². The highest BCUT2D eigenvalue weighted by Crippen LogP contribution is 2.25. The van der Waals surface area contributed by atoms with Crippen molar-refractivity contribution in [2.24, 2.45) is 5.92 Å². The monoisotopic (exact) mass is 418 g/mol. The fourth-order valence-electron chi connectivity index (χ4n) is 3.69. The van der Waals surface area contributed by atoms with Gasteiger partial charge in [0.05, 0.1) is 6.04 Å². The molecule has 0 radical (unpaired) electrons. The third-order valence-corrected chi connectivity index (χ3v) is 6.34. The summed E-state index contributed by atoms with van der Waals surface area (Å²) in [5, 5.41) is 4.56. The van der Waals surface area contributed by atoms with E-state index in [1.807, 2.05) is 12.1 Å². The Morgan fingerprint density at radius 3 is 2.46 bits per heavy atom. The molecule has 150 valence electrons. The minimum absolute atomic E-state index is 0.0257. The number of amides is 1. The van der Waals surface area contributed by atoms with Gasteiger partial charge in [0.1, 0.15) is 0 Å². The first-order valence-corrected chi connectivity index (χ1v) is 10.6. The predicted octanol–water partition coefficient (Wildman–Crippen LogP) is 5.70. The molecule has 2 aromatic rings. The quantitative estimate of drug-likeness (QED) is 0.674. The van der Waals surface area contributed by atoms with E-state index in [2.05, 4.69) is 49.2 Å². The van der Waals surface area contributed by atoms with Crippen LogP contribution in [0.25, 0.3) is 0 Å². The minimum atomic E-state index is 0.0257. The van der Waals surface area contributed by atoms with E-state index in [0.717, 1.165) is 43.6 Å². The van der Waals surface area contributed by atoms with E-state index in [1.165, 1.54) is 11.1 Å². The van der Waals surface area contributed by atoms with E-state index in [-0.39, 0.29) is 17.9 Å². The lowest BCUT2D eigenvalue weighted by Crippen LogP contribution is -2.40. The Bertz CT molecular complexity index is 844. The molecule has 2 aromatic carbocycles. The Morgan fingerprint density at radius 1 is 1.11 bits per heavy atom. The lowest BCUT2D eigenvalue weighted by Gasteiger charge is -2.32. The molecule has 0 unspecified atom stereocenters. The van der Waals surface area contributed by atoms with Crippen molar-refractivity contribution >= 4 is 29.1 Å². The van der Waals surface area contributed by atoms with Crippen molar-refractivity contribution in [2.45, 2.75) is 46.2 Å². The van der Waals surface area contributed by atoms with Crippen LogP contribution in [0.4, 0.5) is 0 Å². The number of hydrogen-bond donors (Lipinski definition) is 1. The standard InChI is InChI=1S/C23H28Cl2N2O/c1-15-4-5-19(12-16(15)2)17(3)26-23(28)18-8-10-27(11-9-18)14-20-6-7-21(24)13-22(20)25/h4-7,12-13,17-18H,8-11,14H2,1-3H3,(H,26,28)/t17-/m1/s1. The van der Waals surface area contributed by atoms with Gasteiger partial charge in [0, 0.05) is 22.5 Å². The molecular formula is C23H28Cl2N2O. The summed E-state index contributed by atoms with van der Waals surface area (Å²) in [7, 11) is 0. The van der Waals surface area contributed by atoms with Crippen molar-refractivity contribution in [1.29, 1.82) is 0 Å². The molecule has 5 heteroatoms. The van der Waals surface area contributed by atoms with Gasteiger partial charge in [0.2, 0.25) is 5.91 Å². The van der Waals surface area contributed by atoms with Gasteiger partial charge in [-0.2, -0.15) is 0 Å². The second-order valence-electron chi connectivity index (χ2n) is 7.86. The Balaban J connectivity index is 1.51. The van der Waals surface area contributed by atoms with Gasteiger partial charge in [-0.05, 0) is 81.1 Å². The smallest absolute Gasteiger partial charge is 0.223 e. The Morgan fingerprint density at radius 2 is 1.82 bits per heavy atom. The van der Waals surface area contributed by atoms with Crippen molar-refractivity contribution in [3.05, 3.63) is 68.7 Å². The molecule has 1 aliphatic rings. The topological polar surface area (TPSA) is 32.3 Å². The lowest BCUT2D eigenvalue weighted by molar-refractivity contribution is -0.127. The second kappa shape index (κ2) is 9.30. The molecule has 1 heterocycles.